The van der Waals surface area contributed by atoms with Crippen molar-refractivity contribution in [1.29, 1.82) is 0 Å². The Labute approximate surface area is 128 Å². The molecule has 0 spiro atoms. The molecule has 3 rings (SSSR count). The second-order valence-corrected chi connectivity index (χ2v) is 5.41. The number of benzene rings is 1. The molecular formula is C16H19N3O3. The van der Waals surface area contributed by atoms with Crippen molar-refractivity contribution < 1.29 is 14.0 Å². The second-order valence-electron chi connectivity index (χ2n) is 5.41. The van der Waals surface area contributed by atoms with Gasteiger partial charge in [0.25, 0.3) is 5.91 Å². The Balaban J connectivity index is 1.73. The van der Waals surface area contributed by atoms with Crippen LogP contribution in [0.15, 0.2) is 29.0 Å². The predicted molar refractivity (Wildman–Crippen MR) is 81.4 cm³/mol. The van der Waals surface area contributed by atoms with Gasteiger partial charge in [-0.1, -0.05) is 6.92 Å². The topological polar surface area (TPSA) is 66.7 Å². The summed E-state index contributed by atoms with van der Waals surface area (Å²) in [5, 5.41) is 0. The highest BCUT2D eigenvalue weighted by Gasteiger charge is 2.22. The number of aromatic nitrogens is 1. The van der Waals surface area contributed by atoms with Crippen LogP contribution in [0.2, 0.25) is 0 Å². The zero-order chi connectivity index (χ0) is 15.5. The summed E-state index contributed by atoms with van der Waals surface area (Å²) < 4.78 is 5.25. The van der Waals surface area contributed by atoms with E-state index in [4.69, 9.17) is 4.42 Å². The lowest BCUT2D eigenvalue weighted by molar-refractivity contribution is -0.130. The molecule has 0 unspecified atom stereocenters. The van der Waals surface area contributed by atoms with Crippen LogP contribution in [0.5, 0.6) is 0 Å². The van der Waals surface area contributed by atoms with E-state index in [2.05, 4.69) is 4.98 Å². The van der Waals surface area contributed by atoms with E-state index >= 15 is 0 Å². The van der Waals surface area contributed by atoms with Gasteiger partial charge in [0.15, 0.2) is 12.0 Å². The van der Waals surface area contributed by atoms with Crippen LogP contribution in [0.4, 0.5) is 0 Å². The molecule has 0 saturated carbocycles. The third-order valence-electron chi connectivity index (χ3n) is 4.02. The molecule has 1 saturated heterocycles. The molecule has 116 valence electrons. The average molecular weight is 301 g/mol. The molecule has 1 aliphatic rings. The lowest BCUT2D eigenvalue weighted by atomic mass is 10.1. The lowest BCUT2D eigenvalue weighted by Gasteiger charge is -2.22. The minimum Gasteiger partial charge on any atom is -0.443 e. The maximum Gasteiger partial charge on any atom is 0.254 e. The van der Waals surface area contributed by atoms with E-state index in [1.54, 1.807) is 23.1 Å². The number of carbonyl (C=O) groups is 2. The first-order valence-corrected chi connectivity index (χ1v) is 7.59. The van der Waals surface area contributed by atoms with Gasteiger partial charge in [-0.2, -0.15) is 0 Å². The van der Waals surface area contributed by atoms with E-state index in [0.29, 0.717) is 37.2 Å². The van der Waals surface area contributed by atoms with Crippen LogP contribution in [-0.4, -0.2) is 52.8 Å². The minimum atomic E-state index is -0.0240. The molecule has 22 heavy (non-hydrogen) atoms. The van der Waals surface area contributed by atoms with E-state index < -0.39 is 0 Å². The first-order chi connectivity index (χ1) is 10.7. The summed E-state index contributed by atoms with van der Waals surface area (Å²) in [6, 6.07) is 5.29. The SMILES string of the molecule is CCC(=O)N1CCCN(C(=O)c2ccc3ncoc3c2)CC1. The van der Waals surface area contributed by atoms with Crippen LogP contribution in [0, 0.1) is 0 Å². The Morgan fingerprint density at radius 1 is 1.18 bits per heavy atom. The van der Waals surface area contributed by atoms with Crippen molar-refractivity contribution in [3.05, 3.63) is 30.2 Å². The molecule has 6 heteroatoms. The molecular weight excluding hydrogens is 282 g/mol. The Morgan fingerprint density at radius 2 is 1.95 bits per heavy atom. The molecule has 1 aliphatic heterocycles. The summed E-state index contributed by atoms with van der Waals surface area (Å²) >= 11 is 0. The van der Waals surface area contributed by atoms with Gasteiger partial charge >= 0.3 is 0 Å². The highest BCUT2D eigenvalue weighted by atomic mass is 16.3. The number of oxazole rings is 1. The largest absolute Gasteiger partial charge is 0.443 e. The molecule has 2 aromatic rings. The normalized spacial score (nSPS) is 15.9. The van der Waals surface area contributed by atoms with Crippen LogP contribution in [0.1, 0.15) is 30.1 Å². The summed E-state index contributed by atoms with van der Waals surface area (Å²) in [7, 11) is 0. The second kappa shape index (κ2) is 6.17. The summed E-state index contributed by atoms with van der Waals surface area (Å²) in [5.74, 6) is 0.126. The van der Waals surface area contributed by atoms with Crippen LogP contribution in [0.3, 0.4) is 0 Å². The number of fused-ring (bicyclic) bond motifs is 1. The zero-order valence-electron chi connectivity index (χ0n) is 12.6. The third kappa shape index (κ3) is 2.81. The fourth-order valence-electron chi connectivity index (χ4n) is 2.76. The van der Waals surface area contributed by atoms with Gasteiger partial charge in [0, 0.05) is 38.2 Å². The number of hydrogen-bond acceptors (Lipinski definition) is 4. The first kappa shape index (κ1) is 14.6. The van der Waals surface area contributed by atoms with Gasteiger partial charge in [0.05, 0.1) is 0 Å². The molecule has 0 N–H and O–H groups in total. The van der Waals surface area contributed by atoms with Gasteiger partial charge in [0.1, 0.15) is 5.52 Å². The fraction of sp³-hybridized carbons (Fsp3) is 0.438. The van der Waals surface area contributed by atoms with Crippen molar-refractivity contribution >= 4 is 22.9 Å². The van der Waals surface area contributed by atoms with Crippen LogP contribution < -0.4 is 0 Å². The van der Waals surface area contributed by atoms with Gasteiger partial charge < -0.3 is 14.2 Å². The maximum atomic E-state index is 12.6. The summed E-state index contributed by atoms with van der Waals surface area (Å²) in [6.45, 7) is 4.42. The highest BCUT2D eigenvalue weighted by molar-refractivity contribution is 5.97. The van der Waals surface area contributed by atoms with E-state index in [9.17, 15) is 9.59 Å². The zero-order valence-corrected chi connectivity index (χ0v) is 12.6. The van der Waals surface area contributed by atoms with Crippen LogP contribution in [-0.2, 0) is 4.79 Å². The first-order valence-electron chi connectivity index (χ1n) is 7.59. The summed E-state index contributed by atoms with van der Waals surface area (Å²) in [5.41, 5.74) is 1.95. The molecule has 2 amide bonds. The van der Waals surface area contributed by atoms with Crippen LogP contribution in [0.25, 0.3) is 11.1 Å². The third-order valence-corrected chi connectivity index (χ3v) is 4.02. The molecule has 6 nitrogen and oxygen atoms in total. The number of carbonyl (C=O) groups excluding carboxylic acids is 2. The number of amides is 2. The molecule has 2 heterocycles. The summed E-state index contributed by atoms with van der Waals surface area (Å²) in [4.78, 5) is 32.1. The summed E-state index contributed by atoms with van der Waals surface area (Å²) in [6.07, 6.45) is 2.69. The van der Waals surface area contributed by atoms with Crippen LogP contribution >= 0.6 is 0 Å². The monoisotopic (exact) mass is 301 g/mol. The average Bonchev–Trinajstić information content (AvgIpc) is 2.88. The maximum absolute atomic E-state index is 12.6. The smallest absolute Gasteiger partial charge is 0.254 e. The Morgan fingerprint density at radius 3 is 2.77 bits per heavy atom. The Kier molecular flexibility index (Phi) is 4.09. The van der Waals surface area contributed by atoms with Crippen molar-refractivity contribution in [2.24, 2.45) is 0 Å². The predicted octanol–water partition coefficient (Wildman–Crippen LogP) is 1.91. The van der Waals surface area contributed by atoms with Gasteiger partial charge in [-0.25, -0.2) is 4.98 Å². The molecule has 1 fully saturated rings. The number of nitrogens with zero attached hydrogens (tertiary/aromatic N) is 3. The number of hydrogen-bond donors (Lipinski definition) is 0. The van der Waals surface area contributed by atoms with Crippen molar-refractivity contribution in [2.45, 2.75) is 19.8 Å². The Hall–Kier alpha value is -2.37. The van der Waals surface area contributed by atoms with E-state index in [1.807, 2.05) is 11.8 Å². The highest BCUT2D eigenvalue weighted by Crippen LogP contribution is 2.16. The fourth-order valence-corrected chi connectivity index (χ4v) is 2.76. The molecule has 0 radical (unpaired) electrons. The minimum absolute atomic E-state index is 0.0240. The molecule has 0 aliphatic carbocycles. The van der Waals surface area contributed by atoms with Gasteiger partial charge in [-0.05, 0) is 24.6 Å². The quantitative estimate of drug-likeness (QED) is 0.850. The Bertz CT molecular complexity index is 695. The van der Waals surface area contributed by atoms with Crippen molar-refractivity contribution in [3.63, 3.8) is 0 Å². The van der Waals surface area contributed by atoms with Crippen molar-refractivity contribution in [3.8, 4) is 0 Å². The van der Waals surface area contributed by atoms with E-state index in [1.165, 1.54) is 6.39 Å². The molecule has 0 atom stereocenters. The number of rotatable bonds is 2. The van der Waals surface area contributed by atoms with Gasteiger partial charge in [-0.15, -0.1) is 0 Å². The van der Waals surface area contributed by atoms with Crippen molar-refractivity contribution in [1.82, 2.24) is 14.8 Å². The van der Waals surface area contributed by atoms with E-state index in [0.717, 1.165) is 18.5 Å². The lowest BCUT2D eigenvalue weighted by Crippen LogP contribution is -2.37. The van der Waals surface area contributed by atoms with Gasteiger partial charge in [-0.3, -0.25) is 9.59 Å². The standard InChI is InChI=1S/C16H19N3O3/c1-2-15(20)18-6-3-7-19(9-8-18)16(21)12-4-5-13-14(10-12)22-11-17-13/h4-5,10-11H,2-3,6-9H2,1H3. The molecule has 1 aromatic carbocycles. The van der Waals surface area contributed by atoms with Crippen molar-refractivity contribution in [2.75, 3.05) is 26.2 Å². The molecule has 1 aromatic heterocycles. The van der Waals surface area contributed by atoms with Gasteiger partial charge in [0.2, 0.25) is 5.91 Å². The molecule has 0 bridgehead atoms. The van der Waals surface area contributed by atoms with E-state index in [-0.39, 0.29) is 11.8 Å².